The van der Waals surface area contributed by atoms with Crippen molar-refractivity contribution in [2.45, 2.75) is 65.8 Å². The molecule has 0 radical (unpaired) electrons. The Morgan fingerprint density at radius 1 is 1.00 bits per heavy atom. The molecule has 1 heterocycles. The van der Waals surface area contributed by atoms with Gasteiger partial charge in [-0.2, -0.15) is 5.06 Å². The lowest BCUT2D eigenvalue weighted by molar-refractivity contribution is -0.171. The van der Waals surface area contributed by atoms with E-state index in [-0.39, 0.29) is 29.5 Å². The van der Waals surface area contributed by atoms with Crippen LogP contribution >= 0.6 is 8.25 Å². The Morgan fingerprint density at radius 2 is 1.76 bits per heavy atom. The Bertz CT molecular complexity index is 1610. The molecule has 0 saturated carbocycles. The molecule has 14 nitrogen and oxygen atoms in total. The molecule has 15 heteroatoms. The fraction of sp³-hybridized carbons (Fsp3) is 0.412. The van der Waals surface area contributed by atoms with Gasteiger partial charge in [0.05, 0.1) is 37.9 Å². The van der Waals surface area contributed by atoms with E-state index < -0.39 is 38.0 Å². The number of unbranched alkanes of at least 4 members (excludes halogenated alkanes) is 2. The van der Waals surface area contributed by atoms with E-state index in [2.05, 4.69) is 10.6 Å². The highest BCUT2D eigenvalue weighted by Gasteiger charge is 2.34. The first-order valence-corrected chi connectivity index (χ1v) is 17.1. The molecule has 3 aromatic rings. The van der Waals surface area contributed by atoms with Gasteiger partial charge in [-0.1, -0.05) is 33.1 Å². The zero-order chi connectivity index (χ0) is 35.9. The normalized spacial score (nSPS) is 12.2. The summed E-state index contributed by atoms with van der Waals surface area (Å²) in [6.45, 7) is 7.40. The highest BCUT2D eigenvalue weighted by atomic mass is 31.1. The number of hydroxylamine groups is 2. The lowest BCUT2D eigenvalue weighted by Gasteiger charge is -2.32. The summed E-state index contributed by atoms with van der Waals surface area (Å²) in [4.78, 5) is 66.3. The molecule has 2 aromatic carbocycles. The predicted octanol–water partition coefficient (Wildman–Crippen LogP) is 5.70. The van der Waals surface area contributed by atoms with Crippen molar-refractivity contribution >= 4 is 32.4 Å². The van der Waals surface area contributed by atoms with Gasteiger partial charge in [-0.05, 0) is 74.7 Å². The molecule has 0 spiro atoms. The van der Waals surface area contributed by atoms with Gasteiger partial charge in [0.1, 0.15) is 17.3 Å². The van der Waals surface area contributed by atoms with Gasteiger partial charge in [0, 0.05) is 16.2 Å². The second kappa shape index (κ2) is 19.2. The fourth-order valence-electron chi connectivity index (χ4n) is 5.21. The Kier molecular flexibility index (Phi) is 15.1. The standard InChI is InChI=1S/C34H42N3O11P/c1-6-9-10-11-28(29(7-2)37(21-38)47-34(41)27-13-12-24(44-5)16-22(27)4)32(39)35-20-36-33(40)31-15-14-30(46-31)23-17-25(45-8-3)19-26(18-23)48-49(42)43/h12-19,21,28-29H,6-11,20H2,1-5H3,(H2-,35,36,39,40,42,43)/p+1. The number of rotatable bonds is 20. The minimum Gasteiger partial charge on any atom is -0.497 e. The van der Waals surface area contributed by atoms with Crippen LogP contribution < -0.4 is 24.6 Å². The monoisotopic (exact) mass is 700 g/mol. The fourth-order valence-corrected chi connectivity index (χ4v) is 5.50. The maximum absolute atomic E-state index is 13.5. The molecular weight excluding hydrogens is 657 g/mol. The summed E-state index contributed by atoms with van der Waals surface area (Å²) in [7, 11) is -1.40. The van der Waals surface area contributed by atoms with Crippen molar-refractivity contribution in [3.05, 3.63) is 65.4 Å². The summed E-state index contributed by atoms with van der Waals surface area (Å²) in [6, 6.07) is 11.6. The zero-order valence-electron chi connectivity index (χ0n) is 28.2. The first-order chi connectivity index (χ1) is 23.5. The van der Waals surface area contributed by atoms with Gasteiger partial charge >= 0.3 is 14.2 Å². The zero-order valence-corrected chi connectivity index (χ0v) is 29.1. The van der Waals surface area contributed by atoms with Crippen LogP contribution in [0.1, 0.15) is 79.4 Å². The average molecular weight is 701 g/mol. The van der Waals surface area contributed by atoms with Crippen LogP contribution in [-0.4, -0.2) is 60.6 Å². The van der Waals surface area contributed by atoms with Crippen LogP contribution in [0, 0.1) is 12.8 Å². The first kappa shape index (κ1) is 38.5. The van der Waals surface area contributed by atoms with Crippen LogP contribution in [0.25, 0.3) is 11.3 Å². The van der Waals surface area contributed by atoms with Gasteiger partial charge in [-0.25, -0.2) is 9.32 Å². The number of ether oxygens (including phenoxy) is 2. The van der Waals surface area contributed by atoms with Crippen LogP contribution in [0.5, 0.6) is 17.2 Å². The van der Waals surface area contributed by atoms with Crippen molar-refractivity contribution in [3.8, 4) is 28.6 Å². The number of furan rings is 1. The molecule has 1 aromatic heterocycles. The van der Waals surface area contributed by atoms with Crippen LogP contribution in [-0.2, 0) is 19.0 Å². The minimum atomic E-state index is -2.91. The maximum Gasteiger partial charge on any atom is 0.747 e. The van der Waals surface area contributed by atoms with Gasteiger partial charge < -0.3 is 29.4 Å². The third-order valence-corrected chi connectivity index (χ3v) is 7.98. The third-order valence-electron chi connectivity index (χ3n) is 7.61. The predicted molar refractivity (Wildman–Crippen MR) is 179 cm³/mol. The van der Waals surface area contributed by atoms with Gasteiger partial charge in [0.15, 0.2) is 11.5 Å². The van der Waals surface area contributed by atoms with E-state index in [1.807, 2.05) is 6.92 Å². The van der Waals surface area contributed by atoms with Crippen molar-refractivity contribution in [1.29, 1.82) is 0 Å². The molecule has 0 aliphatic rings. The van der Waals surface area contributed by atoms with Crippen molar-refractivity contribution in [3.63, 3.8) is 0 Å². The van der Waals surface area contributed by atoms with Gasteiger partial charge in [-0.15, -0.1) is 4.89 Å². The summed E-state index contributed by atoms with van der Waals surface area (Å²) in [5.74, 6) is -1.33. The smallest absolute Gasteiger partial charge is 0.497 e. The largest absolute Gasteiger partial charge is 0.747 e. The van der Waals surface area contributed by atoms with Crippen LogP contribution in [0.3, 0.4) is 0 Å². The van der Waals surface area contributed by atoms with Crippen LogP contribution in [0.15, 0.2) is 52.9 Å². The number of hydrogen-bond acceptors (Lipinski definition) is 10. The topological polar surface area (TPSA) is 183 Å². The molecule has 3 rings (SSSR count). The lowest BCUT2D eigenvalue weighted by atomic mass is 9.90. The highest BCUT2D eigenvalue weighted by molar-refractivity contribution is 7.32. The Balaban J connectivity index is 1.69. The molecule has 0 fully saturated rings. The molecule has 0 saturated heterocycles. The van der Waals surface area contributed by atoms with Crippen molar-refractivity contribution in [2.24, 2.45) is 5.92 Å². The Morgan fingerprint density at radius 3 is 2.39 bits per heavy atom. The van der Waals surface area contributed by atoms with Crippen molar-refractivity contribution in [1.82, 2.24) is 15.7 Å². The average Bonchev–Trinajstić information content (AvgIpc) is 3.57. The number of nitrogens with one attached hydrogen (secondary N) is 2. The Labute approximate surface area is 285 Å². The summed E-state index contributed by atoms with van der Waals surface area (Å²) >= 11 is 0. The number of benzene rings is 2. The van der Waals surface area contributed by atoms with Crippen molar-refractivity contribution in [2.75, 3.05) is 20.4 Å². The highest BCUT2D eigenvalue weighted by Crippen LogP contribution is 2.34. The number of aryl methyl sites for hydroxylation is 1. The summed E-state index contributed by atoms with van der Waals surface area (Å²) in [5, 5.41) is 6.18. The molecule has 3 unspecified atom stereocenters. The molecule has 49 heavy (non-hydrogen) atoms. The van der Waals surface area contributed by atoms with E-state index in [1.54, 1.807) is 51.1 Å². The van der Waals surface area contributed by atoms with Crippen molar-refractivity contribution < 1.29 is 51.9 Å². The van der Waals surface area contributed by atoms with Gasteiger partial charge in [-0.3, -0.25) is 14.4 Å². The molecule has 3 atom stereocenters. The second-order valence-corrected chi connectivity index (χ2v) is 11.6. The van der Waals surface area contributed by atoms with Crippen LogP contribution in [0.2, 0.25) is 0 Å². The van der Waals surface area contributed by atoms with E-state index in [0.29, 0.717) is 54.9 Å². The van der Waals surface area contributed by atoms with E-state index in [1.165, 1.54) is 25.3 Å². The van der Waals surface area contributed by atoms with E-state index in [0.717, 1.165) is 17.9 Å². The van der Waals surface area contributed by atoms with Gasteiger partial charge in [0.2, 0.25) is 12.3 Å². The summed E-state index contributed by atoms with van der Waals surface area (Å²) in [5.41, 5.74) is 1.28. The van der Waals surface area contributed by atoms with E-state index >= 15 is 0 Å². The van der Waals surface area contributed by atoms with E-state index in [9.17, 15) is 23.7 Å². The number of nitrogens with zero attached hydrogens (tertiary/aromatic N) is 1. The molecule has 3 N–H and O–H groups in total. The number of carbonyl (C=O) groups is 4. The molecular formula is C34H43N3O11P+. The minimum absolute atomic E-state index is 0.0550. The molecule has 0 bridgehead atoms. The first-order valence-electron chi connectivity index (χ1n) is 15.9. The SMILES string of the molecule is CCCCCC(C(=O)NCNC(=O)c1ccc(-c2cc(OCC)cc(O[P+](=O)O)c2)o1)C(CC)N(C=O)OC(=O)c1ccc(OC)cc1C. The Hall–Kier alpha value is -4.94. The summed E-state index contributed by atoms with van der Waals surface area (Å²) < 4.78 is 32.5. The number of methoxy groups -OCH3 is 1. The number of hydrogen-bond donors (Lipinski definition) is 3. The number of carbonyl (C=O) groups excluding carboxylic acids is 4. The van der Waals surface area contributed by atoms with E-state index in [4.69, 9.17) is 28.1 Å². The summed E-state index contributed by atoms with van der Waals surface area (Å²) in [6.07, 6.45) is 3.56. The molecule has 0 aliphatic heterocycles. The molecule has 0 aliphatic carbocycles. The van der Waals surface area contributed by atoms with Gasteiger partial charge in [0.25, 0.3) is 5.91 Å². The van der Waals surface area contributed by atoms with Crippen LogP contribution in [0.4, 0.5) is 0 Å². The quantitative estimate of drug-likeness (QED) is 0.0432. The maximum atomic E-state index is 13.5. The third kappa shape index (κ3) is 11.0. The second-order valence-electron chi connectivity index (χ2n) is 10.9. The lowest BCUT2D eigenvalue weighted by Crippen LogP contribution is -2.49. The molecule has 264 valence electrons. The molecule has 3 amide bonds. The number of amides is 3.